The van der Waals surface area contributed by atoms with Crippen LogP contribution in [0, 0.1) is 5.92 Å². The number of anilines is 1. The maximum Gasteiger partial charge on any atom is 0.251 e. The highest BCUT2D eigenvalue weighted by Gasteiger charge is 2.50. The normalized spacial score (nSPS) is 27.6. The summed E-state index contributed by atoms with van der Waals surface area (Å²) in [5, 5.41) is 101. The number of phenols is 1. The molecular formula is C62H84N12O15S. The van der Waals surface area contributed by atoms with Crippen molar-refractivity contribution < 1.29 is 74.0 Å². The Morgan fingerprint density at radius 3 is 1.99 bits per heavy atom. The minimum Gasteiger partial charge on any atom is -0.504 e. The average molecular weight is 1270 g/mol. The molecule has 0 radical (unpaired) electrons. The molecule has 27 nitrogen and oxygen atoms in total. The van der Waals surface area contributed by atoms with Gasteiger partial charge in [0.05, 0.1) is 43.7 Å². The number of fused-ring (bicyclic) bond motifs is 2. The summed E-state index contributed by atoms with van der Waals surface area (Å²) in [7, 11) is 1.28. The number of hydrogen-bond donors (Lipinski definition) is 13. The fourth-order valence-electron chi connectivity index (χ4n) is 12.7. The summed E-state index contributed by atoms with van der Waals surface area (Å²) in [5.41, 5.74) is 8.80. The molecule has 9 rings (SSSR count). The van der Waals surface area contributed by atoms with Gasteiger partial charge in [-0.15, -0.1) is 10.2 Å². The third kappa shape index (κ3) is 15.8. The minimum atomic E-state index is -2.02. The van der Waals surface area contributed by atoms with E-state index in [0.717, 1.165) is 54.2 Å². The quantitative estimate of drug-likeness (QED) is 0.0655. The van der Waals surface area contributed by atoms with Crippen LogP contribution in [0.15, 0.2) is 66.7 Å². The Morgan fingerprint density at radius 1 is 0.733 bits per heavy atom. The number of carbonyl (C=O) groups excluding carboxylic acids is 7. The van der Waals surface area contributed by atoms with Crippen LogP contribution in [0.4, 0.5) is 5.69 Å². The van der Waals surface area contributed by atoms with Gasteiger partial charge in [0.15, 0.2) is 11.5 Å². The first-order valence-electron chi connectivity index (χ1n) is 30.9. The van der Waals surface area contributed by atoms with E-state index in [2.05, 4.69) is 58.7 Å². The number of nitrogens with one attached hydrogen (secondary N) is 5. The predicted octanol–water partition coefficient (Wildman–Crippen LogP) is -1.27. The molecule has 4 saturated heterocycles. The molecule has 14 N–H and O–H groups in total. The van der Waals surface area contributed by atoms with E-state index in [-0.39, 0.29) is 42.1 Å². The van der Waals surface area contributed by atoms with Gasteiger partial charge < -0.3 is 87.5 Å². The third-order valence-corrected chi connectivity index (χ3v) is 18.9. The van der Waals surface area contributed by atoms with Gasteiger partial charge in [-0.3, -0.25) is 38.5 Å². The lowest BCUT2D eigenvalue weighted by Gasteiger charge is -2.40. The number of aromatic hydroxyl groups is 1. The number of aliphatic hydroxyl groups excluding tert-OH is 6. The van der Waals surface area contributed by atoms with E-state index >= 15 is 0 Å². The fraction of sp³-hybridized carbons (Fsp3) is 0.565. The van der Waals surface area contributed by atoms with Gasteiger partial charge in [0, 0.05) is 99.4 Å². The number of phenolic OH excluding ortho intramolecular Hbond substituents is 1. The van der Waals surface area contributed by atoms with Gasteiger partial charge in [0.25, 0.3) is 5.91 Å². The second-order valence-corrected chi connectivity index (χ2v) is 25.3. The third-order valence-electron chi connectivity index (χ3n) is 17.8. The molecule has 5 fully saturated rings. The van der Waals surface area contributed by atoms with Gasteiger partial charge in [0.1, 0.15) is 46.3 Å². The first-order chi connectivity index (χ1) is 43.1. The van der Waals surface area contributed by atoms with Gasteiger partial charge >= 0.3 is 0 Å². The molecule has 5 aliphatic rings. The Bertz CT molecular complexity index is 3160. The molecule has 0 bridgehead atoms. The summed E-state index contributed by atoms with van der Waals surface area (Å²) in [6, 6.07) is 8.39. The van der Waals surface area contributed by atoms with Crippen LogP contribution in [0.25, 0.3) is 21.1 Å². The number of benzene rings is 3. The standard InChI is InChI=1S/C62H84N12O15S/c1-33-31-74-52(53(33)81)58(86)64-30-41(76)28-43(65-54(82)36-11-13-37(14-12-36)59-69-70-60(90-59)38-15-17-40(18-16-38)72-24-22-71(23-25-72)39-8-6-4-5-7-9-39)55(83)66-49(34(2)75)61(87)73-32-42(77)29-44(73)56(84)67-50(57(85)68-51(62(74)88)46(79)20-21-63)47(80)26-35-10-19-45(78)48(27-35)89-3/h10-19,27,33-34,39,41-44,46-47,49-53,75-81H,4-9,20-26,28-32,63H2,1-3H3,(H,64,86)(H,65,82)(H,66,83)(H,67,84)(H,68,85)/t33-,34+,41+,42+,43-,44-,46+,47+,49-,50-,51-,52-,53-/m0/s1. The molecule has 3 aromatic carbocycles. The Kier molecular flexibility index (Phi) is 22.4. The van der Waals surface area contributed by atoms with Crippen LogP contribution in [0.5, 0.6) is 11.5 Å². The summed E-state index contributed by atoms with van der Waals surface area (Å²) in [6.45, 7) is 5.07. The monoisotopic (exact) mass is 1270 g/mol. The van der Waals surface area contributed by atoms with E-state index in [0.29, 0.717) is 21.6 Å². The maximum absolute atomic E-state index is 14.7. The largest absolute Gasteiger partial charge is 0.504 e. The number of amides is 7. The van der Waals surface area contributed by atoms with Crippen molar-refractivity contribution >= 4 is 58.4 Å². The summed E-state index contributed by atoms with van der Waals surface area (Å²) in [4.78, 5) is 108. The number of aliphatic hydroxyl groups is 6. The molecule has 28 heteroatoms. The predicted molar refractivity (Wildman–Crippen MR) is 329 cm³/mol. The summed E-state index contributed by atoms with van der Waals surface area (Å²) in [6.07, 6.45) is -3.84. The van der Waals surface area contributed by atoms with Crippen LogP contribution in [0.3, 0.4) is 0 Å². The SMILES string of the molecule is COc1cc(C[C@@H](O)[C@@H]2NC(=O)[C@@H]3C[C@@H](O)CN3C(=O)[C@H]([C@@H](C)O)NC(=O)[C@@H](NC(=O)c3ccc(-c4nnc(-c5ccc(N6CCN(C7CCCCCC7)CC6)cc5)s4)cc3)C[C@@H](O)CNC(=O)[C@@H]3[C@@H](O)[C@@H](C)CN3C(=O)[C@H]([C@H](O)CCN)NC2=O)ccc1O. The summed E-state index contributed by atoms with van der Waals surface area (Å²) >= 11 is 1.36. The number of methoxy groups -OCH3 is 1. The molecular weight excluding hydrogens is 1180 g/mol. The number of piperazine rings is 1. The van der Waals surface area contributed by atoms with Crippen molar-refractivity contribution in [2.24, 2.45) is 11.7 Å². The van der Waals surface area contributed by atoms with Crippen molar-refractivity contribution in [1.82, 2.24) is 51.5 Å². The van der Waals surface area contributed by atoms with Gasteiger partial charge in [0.2, 0.25) is 35.4 Å². The van der Waals surface area contributed by atoms with Crippen molar-refractivity contribution in [2.75, 3.05) is 64.4 Å². The van der Waals surface area contributed by atoms with Crippen LogP contribution in [0.1, 0.15) is 87.6 Å². The van der Waals surface area contributed by atoms with E-state index in [9.17, 15) is 69.3 Å². The fourth-order valence-corrected chi connectivity index (χ4v) is 13.6. The number of aromatic nitrogens is 2. The number of β-amino-alcohol motifs (C(OH)–C–C–N with tert-alkyl or cyclic N) is 1. The zero-order chi connectivity index (χ0) is 64.5. The second kappa shape index (κ2) is 30.1. The molecule has 4 aliphatic heterocycles. The topological polar surface area (TPSA) is 395 Å². The van der Waals surface area contributed by atoms with Crippen molar-refractivity contribution in [2.45, 2.75) is 157 Å². The van der Waals surface area contributed by atoms with Crippen LogP contribution < -0.4 is 42.0 Å². The van der Waals surface area contributed by atoms with E-state index in [4.69, 9.17) is 10.5 Å². The summed E-state index contributed by atoms with van der Waals surface area (Å²) < 4.78 is 5.20. The van der Waals surface area contributed by atoms with E-state index in [1.807, 2.05) is 12.1 Å². The van der Waals surface area contributed by atoms with Crippen molar-refractivity contribution in [3.63, 3.8) is 0 Å². The number of nitrogens with zero attached hydrogens (tertiary/aromatic N) is 6. The van der Waals surface area contributed by atoms with E-state index in [1.54, 1.807) is 19.1 Å². The Balaban J connectivity index is 0.948. The molecule has 488 valence electrons. The molecule has 1 aromatic heterocycles. The maximum atomic E-state index is 14.7. The smallest absolute Gasteiger partial charge is 0.251 e. The highest BCUT2D eigenvalue weighted by atomic mass is 32.1. The number of hydrogen-bond acceptors (Lipinski definition) is 21. The number of carbonyl (C=O) groups is 7. The van der Waals surface area contributed by atoms with Crippen LogP contribution in [-0.2, 0) is 35.2 Å². The first-order valence-corrected chi connectivity index (χ1v) is 31.7. The second-order valence-electron chi connectivity index (χ2n) is 24.3. The zero-order valence-electron chi connectivity index (χ0n) is 50.7. The Labute approximate surface area is 525 Å². The van der Waals surface area contributed by atoms with E-state index < -0.39 is 152 Å². The molecule has 1 saturated carbocycles. The molecule has 1 aliphatic carbocycles. The molecule has 13 atom stereocenters. The van der Waals surface area contributed by atoms with E-state index in [1.165, 1.54) is 87.3 Å². The van der Waals surface area contributed by atoms with Crippen molar-refractivity contribution in [3.05, 3.63) is 77.9 Å². The molecule has 7 amide bonds. The highest BCUT2D eigenvalue weighted by molar-refractivity contribution is 7.17. The number of ether oxygens (including phenoxy) is 1. The molecule has 4 aromatic rings. The highest BCUT2D eigenvalue weighted by Crippen LogP contribution is 2.33. The van der Waals surface area contributed by atoms with Gasteiger partial charge in [-0.05, 0) is 86.8 Å². The summed E-state index contributed by atoms with van der Waals surface area (Å²) in [5.74, 6) is -8.49. The van der Waals surface area contributed by atoms with Crippen LogP contribution in [-0.4, -0.2) is 240 Å². The van der Waals surface area contributed by atoms with Crippen molar-refractivity contribution in [3.8, 4) is 32.6 Å². The molecule has 0 unspecified atom stereocenters. The lowest BCUT2D eigenvalue weighted by molar-refractivity contribution is -0.147. The first kappa shape index (κ1) is 67.0. The number of nitrogens with two attached hydrogens (primary N) is 1. The average Bonchev–Trinajstić information content (AvgIpc) is 2.01. The lowest BCUT2D eigenvalue weighted by Crippen LogP contribution is -2.64. The van der Waals surface area contributed by atoms with Gasteiger partial charge in [-0.2, -0.15) is 0 Å². The Hall–Kier alpha value is -7.41. The van der Waals surface area contributed by atoms with Crippen LogP contribution in [0.2, 0.25) is 0 Å². The molecule has 5 heterocycles. The lowest BCUT2D eigenvalue weighted by atomic mass is 9.98. The zero-order valence-corrected chi connectivity index (χ0v) is 51.5. The van der Waals surface area contributed by atoms with Gasteiger partial charge in [-0.25, -0.2) is 0 Å². The Morgan fingerprint density at radius 2 is 1.36 bits per heavy atom. The van der Waals surface area contributed by atoms with Crippen molar-refractivity contribution in [1.29, 1.82) is 0 Å². The number of rotatable bonds is 14. The minimum absolute atomic E-state index is 0.000964. The molecule has 90 heavy (non-hydrogen) atoms. The van der Waals surface area contributed by atoms with Gasteiger partial charge in [-0.1, -0.05) is 62.1 Å². The molecule has 0 spiro atoms. The van der Waals surface area contributed by atoms with Crippen LogP contribution >= 0.6 is 11.3 Å².